The van der Waals surface area contributed by atoms with Gasteiger partial charge < -0.3 is 4.74 Å². The van der Waals surface area contributed by atoms with Crippen LogP contribution in [0.2, 0.25) is 0 Å². The Morgan fingerprint density at radius 1 is 1.06 bits per heavy atom. The van der Waals surface area contributed by atoms with E-state index in [-0.39, 0.29) is 0 Å². The molecular weight excluding hydrogens is 288 g/mol. The summed E-state index contributed by atoms with van der Waals surface area (Å²) in [6, 6.07) is 12.5. The van der Waals surface area contributed by atoms with Gasteiger partial charge in [0, 0.05) is 4.47 Å². The highest BCUT2D eigenvalue weighted by atomic mass is 79.9. The fourth-order valence-corrected chi connectivity index (χ4v) is 2.39. The van der Waals surface area contributed by atoms with E-state index in [2.05, 4.69) is 61.0 Å². The Morgan fingerprint density at radius 3 is 2.56 bits per heavy atom. The maximum absolute atomic E-state index is 5.92. The molecule has 0 N–H and O–H groups in total. The summed E-state index contributed by atoms with van der Waals surface area (Å²) in [7, 11) is 0. The fraction of sp³-hybridized carbons (Fsp3) is 0.250. The minimum absolute atomic E-state index is 0.600. The average Bonchev–Trinajstić information content (AvgIpc) is 2.32. The number of ether oxygens (including phenoxy) is 1. The minimum atomic E-state index is 0.600. The van der Waals surface area contributed by atoms with Crippen LogP contribution in [0.3, 0.4) is 0 Å². The smallest absolute Gasteiger partial charge is 0.123 e. The third kappa shape index (κ3) is 3.14. The molecule has 0 aliphatic carbocycles. The van der Waals surface area contributed by atoms with Gasteiger partial charge in [-0.1, -0.05) is 34.1 Å². The molecule has 2 aromatic rings. The van der Waals surface area contributed by atoms with E-state index in [1.165, 1.54) is 22.3 Å². The Morgan fingerprint density at radius 2 is 1.83 bits per heavy atom. The van der Waals surface area contributed by atoms with E-state index in [4.69, 9.17) is 4.74 Å². The lowest BCUT2D eigenvalue weighted by Crippen LogP contribution is -1.98. The van der Waals surface area contributed by atoms with Crippen LogP contribution < -0.4 is 4.74 Å². The molecule has 0 saturated heterocycles. The molecule has 2 aromatic carbocycles. The van der Waals surface area contributed by atoms with Crippen molar-refractivity contribution in [1.82, 2.24) is 0 Å². The van der Waals surface area contributed by atoms with Crippen LogP contribution in [0.5, 0.6) is 5.75 Å². The van der Waals surface area contributed by atoms with Crippen molar-refractivity contribution in [2.45, 2.75) is 27.4 Å². The molecule has 2 heteroatoms. The largest absolute Gasteiger partial charge is 0.489 e. The predicted molar refractivity (Wildman–Crippen MR) is 79.1 cm³/mol. The fourth-order valence-electron chi connectivity index (χ4n) is 1.94. The van der Waals surface area contributed by atoms with Gasteiger partial charge in [0.1, 0.15) is 12.4 Å². The molecule has 1 nitrogen and oxygen atoms in total. The van der Waals surface area contributed by atoms with Crippen LogP contribution in [0, 0.1) is 20.8 Å². The third-order valence-corrected chi connectivity index (χ3v) is 3.54. The molecule has 0 bridgehead atoms. The van der Waals surface area contributed by atoms with Crippen molar-refractivity contribution in [3.8, 4) is 5.75 Å². The van der Waals surface area contributed by atoms with E-state index >= 15 is 0 Å². The lowest BCUT2D eigenvalue weighted by Gasteiger charge is -2.12. The summed E-state index contributed by atoms with van der Waals surface area (Å²) in [6.07, 6.45) is 0. The van der Waals surface area contributed by atoms with Gasteiger partial charge in [0.2, 0.25) is 0 Å². The van der Waals surface area contributed by atoms with Crippen LogP contribution >= 0.6 is 15.9 Å². The zero-order chi connectivity index (χ0) is 13.1. The molecule has 0 spiro atoms. The molecule has 0 heterocycles. The van der Waals surface area contributed by atoms with E-state index in [1.54, 1.807) is 0 Å². The molecule has 0 amide bonds. The Hall–Kier alpha value is -1.28. The lowest BCUT2D eigenvalue weighted by molar-refractivity contribution is 0.303. The summed E-state index contributed by atoms with van der Waals surface area (Å²) in [5.74, 6) is 0.979. The molecule has 94 valence electrons. The summed E-state index contributed by atoms with van der Waals surface area (Å²) >= 11 is 3.47. The summed E-state index contributed by atoms with van der Waals surface area (Å²) in [4.78, 5) is 0. The maximum Gasteiger partial charge on any atom is 0.123 e. The van der Waals surface area contributed by atoms with E-state index in [9.17, 15) is 0 Å². The minimum Gasteiger partial charge on any atom is -0.489 e. The number of rotatable bonds is 3. The quantitative estimate of drug-likeness (QED) is 0.779. The van der Waals surface area contributed by atoms with Gasteiger partial charge in [-0.3, -0.25) is 0 Å². The lowest BCUT2D eigenvalue weighted by atomic mass is 10.1. The van der Waals surface area contributed by atoms with E-state index in [0.29, 0.717) is 6.61 Å². The van der Waals surface area contributed by atoms with Crippen LogP contribution in [0.15, 0.2) is 40.9 Å². The van der Waals surface area contributed by atoms with Crippen LogP contribution in [-0.2, 0) is 6.61 Å². The number of halogens is 1. The van der Waals surface area contributed by atoms with Gasteiger partial charge >= 0.3 is 0 Å². The van der Waals surface area contributed by atoms with Gasteiger partial charge in [0.05, 0.1) is 0 Å². The highest BCUT2D eigenvalue weighted by Crippen LogP contribution is 2.24. The summed E-state index contributed by atoms with van der Waals surface area (Å²) in [5, 5.41) is 0. The van der Waals surface area contributed by atoms with E-state index in [0.717, 1.165) is 10.2 Å². The highest BCUT2D eigenvalue weighted by molar-refractivity contribution is 9.10. The van der Waals surface area contributed by atoms with Crippen molar-refractivity contribution >= 4 is 15.9 Å². The molecule has 0 atom stereocenters. The number of benzene rings is 2. The predicted octanol–water partition coefficient (Wildman–Crippen LogP) is 4.95. The first-order valence-electron chi connectivity index (χ1n) is 6.01. The van der Waals surface area contributed by atoms with Crippen molar-refractivity contribution in [3.05, 3.63) is 63.1 Å². The monoisotopic (exact) mass is 304 g/mol. The van der Waals surface area contributed by atoms with Crippen LogP contribution in [0.25, 0.3) is 0 Å². The molecule has 18 heavy (non-hydrogen) atoms. The van der Waals surface area contributed by atoms with E-state index in [1.807, 2.05) is 12.1 Å². The van der Waals surface area contributed by atoms with Crippen molar-refractivity contribution in [1.29, 1.82) is 0 Å². The Kier molecular flexibility index (Phi) is 4.07. The van der Waals surface area contributed by atoms with E-state index < -0.39 is 0 Å². The molecular formula is C16H17BrO. The van der Waals surface area contributed by atoms with Crippen molar-refractivity contribution in [2.75, 3.05) is 0 Å². The van der Waals surface area contributed by atoms with Gasteiger partial charge in [-0.05, 0) is 61.2 Å². The van der Waals surface area contributed by atoms with Gasteiger partial charge in [0.15, 0.2) is 0 Å². The van der Waals surface area contributed by atoms with Gasteiger partial charge in [-0.25, -0.2) is 0 Å². The second-order valence-corrected chi connectivity index (χ2v) is 5.54. The normalized spacial score (nSPS) is 10.4. The Balaban J connectivity index is 2.15. The van der Waals surface area contributed by atoms with Gasteiger partial charge in [0.25, 0.3) is 0 Å². The average molecular weight is 305 g/mol. The van der Waals surface area contributed by atoms with Crippen LogP contribution in [-0.4, -0.2) is 0 Å². The second kappa shape index (κ2) is 5.57. The standard InChI is InChI=1S/C16H17BrO/c1-11-7-12(2)13(3)16(8-11)18-10-14-5-4-6-15(17)9-14/h4-9H,10H2,1-3H3. The zero-order valence-electron chi connectivity index (χ0n) is 11.0. The van der Waals surface area contributed by atoms with Crippen molar-refractivity contribution in [3.63, 3.8) is 0 Å². The van der Waals surface area contributed by atoms with Crippen molar-refractivity contribution < 1.29 is 4.74 Å². The molecule has 2 rings (SSSR count). The van der Waals surface area contributed by atoms with Crippen LogP contribution in [0.4, 0.5) is 0 Å². The summed E-state index contributed by atoms with van der Waals surface area (Å²) in [5.41, 5.74) is 4.90. The third-order valence-electron chi connectivity index (χ3n) is 3.05. The molecule has 0 fully saturated rings. The van der Waals surface area contributed by atoms with Gasteiger partial charge in [-0.2, -0.15) is 0 Å². The molecule has 0 unspecified atom stereocenters. The second-order valence-electron chi connectivity index (χ2n) is 4.62. The number of hydrogen-bond acceptors (Lipinski definition) is 1. The molecule has 0 saturated carbocycles. The topological polar surface area (TPSA) is 9.23 Å². The SMILES string of the molecule is Cc1cc(C)c(C)c(OCc2cccc(Br)c2)c1. The first-order valence-corrected chi connectivity index (χ1v) is 6.80. The summed E-state index contributed by atoms with van der Waals surface area (Å²) < 4.78 is 7.00. The Labute approximate surface area is 117 Å². The molecule has 0 aromatic heterocycles. The number of hydrogen-bond donors (Lipinski definition) is 0. The van der Waals surface area contributed by atoms with Gasteiger partial charge in [-0.15, -0.1) is 0 Å². The summed E-state index contributed by atoms with van der Waals surface area (Å²) in [6.45, 7) is 6.92. The Bertz CT molecular complexity index is 561. The maximum atomic E-state index is 5.92. The first kappa shape index (κ1) is 13.2. The zero-order valence-corrected chi connectivity index (χ0v) is 12.5. The first-order chi connectivity index (χ1) is 8.56. The number of aryl methyl sites for hydroxylation is 2. The van der Waals surface area contributed by atoms with Crippen LogP contribution in [0.1, 0.15) is 22.3 Å². The van der Waals surface area contributed by atoms with Crippen molar-refractivity contribution in [2.24, 2.45) is 0 Å². The molecule has 0 aliphatic heterocycles. The molecule has 0 radical (unpaired) electrons. The highest BCUT2D eigenvalue weighted by Gasteiger charge is 2.04. The molecule has 0 aliphatic rings.